The Bertz CT molecular complexity index is 1040. The summed E-state index contributed by atoms with van der Waals surface area (Å²) in [5.41, 5.74) is 4.56. The van der Waals surface area contributed by atoms with E-state index in [1.54, 1.807) is 0 Å². The first-order valence-corrected chi connectivity index (χ1v) is 12.6. The molecule has 1 unspecified atom stereocenters. The van der Waals surface area contributed by atoms with E-state index in [1.165, 1.54) is 16.7 Å². The lowest BCUT2D eigenvalue weighted by molar-refractivity contribution is 0.0663. The molecule has 0 bridgehead atoms. The zero-order valence-corrected chi connectivity index (χ0v) is 20.3. The minimum absolute atomic E-state index is 0.120. The number of aliphatic hydroxyl groups is 1. The van der Waals surface area contributed by atoms with Crippen LogP contribution >= 0.6 is 0 Å². The summed E-state index contributed by atoms with van der Waals surface area (Å²) in [7, 11) is 1.91. The molecule has 1 saturated carbocycles. The minimum Gasteiger partial charge on any atom is -0.393 e. The van der Waals surface area contributed by atoms with Crippen molar-refractivity contribution in [3.8, 4) is 11.1 Å². The van der Waals surface area contributed by atoms with E-state index in [-0.39, 0.29) is 6.10 Å². The van der Waals surface area contributed by atoms with Crippen molar-refractivity contribution < 1.29 is 5.11 Å². The maximum Gasteiger partial charge on any atom is 0.225 e. The molecule has 1 atom stereocenters. The molecule has 4 rings (SSSR count). The van der Waals surface area contributed by atoms with Gasteiger partial charge in [-0.2, -0.15) is 4.98 Å². The molecule has 0 saturated heterocycles. The molecule has 1 heterocycles. The van der Waals surface area contributed by atoms with E-state index in [9.17, 15) is 5.11 Å². The van der Waals surface area contributed by atoms with Crippen LogP contribution in [-0.4, -0.2) is 34.8 Å². The molecule has 0 aliphatic heterocycles. The predicted molar refractivity (Wildman–Crippen MR) is 139 cm³/mol. The van der Waals surface area contributed by atoms with E-state index in [0.717, 1.165) is 68.2 Å². The number of hydrogen-bond donors (Lipinski definition) is 3. The number of nitrogens with zero attached hydrogens (tertiary/aromatic N) is 2. The summed E-state index contributed by atoms with van der Waals surface area (Å²) in [6.07, 6.45) is 7.68. The van der Waals surface area contributed by atoms with Crippen LogP contribution in [0.15, 0.2) is 42.5 Å². The largest absolute Gasteiger partial charge is 0.393 e. The number of hydrogen-bond acceptors (Lipinski definition) is 5. The highest BCUT2D eigenvalue weighted by Gasteiger charge is 2.26. The summed E-state index contributed by atoms with van der Waals surface area (Å²) >= 11 is 0. The molecule has 5 heteroatoms. The SMILES string of the molecule is CCCCC(O)[C@H]1CC[C@H](CNc2nc(NC)c3cc(-c4ccc(C)cc4)ccc3n2)CC1. The van der Waals surface area contributed by atoms with Crippen molar-refractivity contribution in [2.75, 3.05) is 24.2 Å². The zero-order chi connectivity index (χ0) is 23.2. The summed E-state index contributed by atoms with van der Waals surface area (Å²) < 4.78 is 0. The zero-order valence-electron chi connectivity index (χ0n) is 20.3. The maximum absolute atomic E-state index is 10.4. The summed E-state index contributed by atoms with van der Waals surface area (Å²) in [6, 6.07) is 15.0. The van der Waals surface area contributed by atoms with E-state index >= 15 is 0 Å². The maximum atomic E-state index is 10.4. The van der Waals surface area contributed by atoms with Crippen LogP contribution in [0.1, 0.15) is 57.4 Å². The number of anilines is 2. The number of rotatable bonds is 9. The van der Waals surface area contributed by atoms with Gasteiger partial charge in [-0.3, -0.25) is 0 Å². The Balaban J connectivity index is 1.41. The molecule has 176 valence electrons. The first-order valence-electron chi connectivity index (χ1n) is 12.6. The Morgan fingerprint density at radius 1 is 1.00 bits per heavy atom. The highest BCUT2D eigenvalue weighted by molar-refractivity contribution is 5.93. The monoisotopic (exact) mass is 446 g/mol. The lowest BCUT2D eigenvalue weighted by Crippen LogP contribution is -2.28. The third kappa shape index (κ3) is 5.83. The standard InChI is InChI=1S/C28H38N4O/c1-4-5-6-26(33)22-13-9-20(10-14-22)18-30-28-31-25-16-15-23(17-24(25)27(29-3)32-28)21-11-7-19(2)8-12-21/h7-8,11-12,15-17,20,22,26,33H,4-6,9-10,13-14,18H2,1-3H3,(H2,29,30,31,32)/t20-,22-,26?. The number of aliphatic hydroxyl groups excluding tert-OH is 1. The number of aromatic nitrogens is 2. The van der Waals surface area contributed by atoms with E-state index < -0.39 is 0 Å². The molecule has 0 radical (unpaired) electrons. The van der Waals surface area contributed by atoms with Crippen LogP contribution in [0.4, 0.5) is 11.8 Å². The van der Waals surface area contributed by atoms with Crippen molar-refractivity contribution in [1.82, 2.24) is 9.97 Å². The second-order valence-corrected chi connectivity index (χ2v) is 9.62. The molecule has 1 fully saturated rings. The molecule has 5 nitrogen and oxygen atoms in total. The number of benzene rings is 2. The van der Waals surface area contributed by atoms with Gasteiger partial charge in [-0.25, -0.2) is 4.98 Å². The Kier molecular flexibility index (Phi) is 7.81. The highest BCUT2D eigenvalue weighted by Crippen LogP contribution is 2.33. The smallest absolute Gasteiger partial charge is 0.225 e. The Labute approximate surface area is 198 Å². The van der Waals surface area contributed by atoms with Gasteiger partial charge in [0.05, 0.1) is 11.6 Å². The lowest BCUT2D eigenvalue weighted by Gasteiger charge is -2.31. The number of aryl methyl sites for hydroxylation is 1. The topological polar surface area (TPSA) is 70.1 Å². The Morgan fingerprint density at radius 3 is 2.42 bits per heavy atom. The molecule has 0 spiro atoms. The second kappa shape index (κ2) is 11.0. The van der Waals surface area contributed by atoms with Gasteiger partial charge in [0.25, 0.3) is 0 Å². The van der Waals surface area contributed by atoms with Crippen LogP contribution in [-0.2, 0) is 0 Å². The molecule has 1 aliphatic carbocycles. The summed E-state index contributed by atoms with van der Waals surface area (Å²) in [5, 5.41) is 18.2. The molecule has 3 N–H and O–H groups in total. The number of unbranched alkanes of at least 4 members (excludes halogenated alkanes) is 1. The van der Waals surface area contributed by atoms with Crippen LogP contribution in [0, 0.1) is 18.8 Å². The summed E-state index contributed by atoms with van der Waals surface area (Å²) in [6.45, 7) is 5.18. The fourth-order valence-corrected chi connectivity index (χ4v) is 4.99. The van der Waals surface area contributed by atoms with E-state index in [1.807, 2.05) is 7.05 Å². The van der Waals surface area contributed by atoms with Crippen LogP contribution < -0.4 is 10.6 Å². The third-order valence-electron chi connectivity index (χ3n) is 7.16. The molecule has 1 aliphatic rings. The number of nitrogens with one attached hydrogen (secondary N) is 2. The fourth-order valence-electron chi connectivity index (χ4n) is 4.99. The number of fused-ring (bicyclic) bond motifs is 1. The van der Waals surface area contributed by atoms with Crippen molar-refractivity contribution in [2.24, 2.45) is 11.8 Å². The first-order chi connectivity index (χ1) is 16.1. The summed E-state index contributed by atoms with van der Waals surface area (Å²) in [4.78, 5) is 9.55. The Morgan fingerprint density at radius 2 is 1.73 bits per heavy atom. The minimum atomic E-state index is -0.120. The summed E-state index contributed by atoms with van der Waals surface area (Å²) in [5.74, 6) is 2.61. The molecule has 2 aromatic carbocycles. The van der Waals surface area contributed by atoms with Crippen molar-refractivity contribution in [3.05, 3.63) is 48.0 Å². The van der Waals surface area contributed by atoms with Crippen molar-refractivity contribution >= 4 is 22.7 Å². The average Bonchev–Trinajstić information content (AvgIpc) is 2.86. The molecule has 1 aromatic heterocycles. The predicted octanol–water partition coefficient (Wildman–Crippen LogP) is 6.42. The van der Waals surface area contributed by atoms with Crippen molar-refractivity contribution in [2.45, 2.75) is 64.9 Å². The third-order valence-corrected chi connectivity index (χ3v) is 7.16. The van der Waals surface area contributed by atoms with Gasteiger partial charge in [-0.1, -0.05) is 55.7 Å². The second-order valence-electron chi connectivity index (χ2n) is 9.62. The van der Waals surface area contributed by atoms with Gasteiger partial charge >= 0.3 is 0 Å². The van der Waals surface area contributed by atoms with Gasteiger partial charge in [0.1, 0.15) is 5.82 Å². The van der Waals surface area contributed by atoms with Crippen LogP contribution in [0.25, 0.3) is 22.0 Å². The van der Waals surface area contributed by atoms with Crippen LogP contribution in [0.3, 0.4) is 0 Å². The van der Waals surface area contributed by atoms with Crippen molar-refractivity contribution in [3.63, 3.8) is 0 Å². The molecular weight excluding hydrogens is 408 g/mol. The molecular formula is C28H38N4O. The van der Waals surface area contributed by atoms with E-state index in [0.29, 0.717) is 17.8 Å². The van der Waals surface area contributed by atoms with Gasteiger partial charge < -0.3 is 15.7 Å². The van der Waals surface area contributed by atoms with E-state index in [2.05, 4.69) is 66.9 Å². The van der Waals surface area contributed by atoms with Gasteiger partial charge in [-0.15, -0.1) is 0 Å². The highest BCUT2D eigenvalue weighted by atomic mass is 16.3. The van der Waals surface area contributed by atoms with Gasteiger partial charge in [-0.05, 0) is 74.1 Å². The fraction of sp³-hybridized carbons (Fsp3) is 0.500. The van der Waals surface area contributed by atoms with Gasteiger partial charge in [0, 0.05) is 19.0 Å². The average molecular weight is 447 g/mol. The molecule has 0 amide bonds. The van der Waals surface area contributed by atoms with E-state index in [4.69, 9.17) is 9.97 Å². The van der Waals surface area contributed by atoms with Crippen LogP contribution in [0.2, 0.25) is 0 Å². The Hall–Kier alpha value is -2.66. The first kappa shape index (κ1) is 23.5. The van der Waals surface area contributed by atoms with Gasteiger partial charge in [0.2, 0.25) is 5.95 Å². The quantitative estimate of drug-likeness (QED) is 0.354. The molecule has 3 aromatic rings. The van der Waals surface area contributed by atoms with Crippen LogP contribution in [0.5, 0.6) is 0 Å². The lowest BCUT2D eigenvalue weighted by atomic mass is 9.78. The molecule has 33 heavy (non-hydrogen) atoms. The van der Waals surface area contributed by atoms with Gasteiger partial charge in [0.15, 0.2) is 0 Å². The van der Waals surface area contributed by atoms with Crippen molar-refractivity contribution in [1.29, 1.82) is 0 Å². The normalized spacial score (nSPS) is 19.4.